The molecule has 0 bridgehead atoms. The van der Waals surface area contributed by atoms with Gasteiger partial charge in [0.05, 0.1) is 18.8 Å². The predicted octanol–water partition coefficient (Wildman–Crippen LogP) is 1.03. The highest BCUT2D eigenvalue weighted by molar-refractivity contribution is 5.77. The zero-order valence-corrected chi connectivity index (χ0v) is 11.8. The fourth-order valence-corrected chi connectivity index (χ4v) is 2.69. The number of piperidine rings is 1. The molecule has 19 heavy (non-hydrogen) atoms. The summed E-state index contributed by atoms with van der Waals surface area (Å²) < 4.78 is 1.83. The predicted molar refractivity (Wildman–Crippen MR) is 72.7 cm³/mol. The van der Waals surface area contributed by atoms with Gasteiger partial charge in [0.2, 0.25) is 5.91 Å². The first kappa shape index (κ1) is 14.1. The lowest BCUT2D eigenvalue weighted by Crippen LogP contribution is -2.45. The highest BCUT2D eigenvalue weighted by Gasteiger charge is 2.25. The first-order valence-corrected chi connectivity index (χ1v) is 7.01. The Kier molecular flexibility index (Phi) is 4.58. The number of aromatic nitrogens is 2. The quantitative estimate of drug-likeness (QED) is 0.884. The molecule has 1 aliphatic heterocycles. The van der Waals surface area contributed by atoms with Crippen LogP contribution < -0.4 is 0 Å². The average Bonchev–Trinajstić information content (AvgIpc) is 2.76. The third kappa shape index (κ3) is 3.15. The van der Waals surface area contributed by atoms with Crippen LogP contribution in [0.2, 0.25) is 0 Å². The summed E-state index contributed by atoms with van der Waals surface area (Å²) in [5.74, 6) is 0.155. The van der Waals surface area contributed by atoms with Gasteiger partial charge in [-0.2, -0.15) is 5.10 Å². The van der Waals surface area contributed by atoms with Crippen LogP contribution in [0.5, 0.6) is 0 Å². The van der Waals surface area contributed by atoms with E-state index in [0.717, 1.165) is 43.5 Å². The molecule has 1 aromatic rings. The van der Waals surface area contributed by atoms with E-state index in [1.807, 2.05) is 29.7 Å². The van der Waals surface area contributed by atoms with E-state index in [9.17, 15) is 9.90 Å². The van der Waals surface area contributed by atoms with Crippen molar-refractivity contribution >= 4 is 5.91 Å². The summed E-state index contributed by atoms with van der Waals surface area (Å²) >= 11 is 0. The van der Waals surface area contributed by atoms with Crippen molar-refractivity contribution in [2.24, 2.45) is 7.05 Å². The van der Waals surface area contributed by atoms with Crippen molar-refractivity contribution in [3.63, 3.8) is 0 Å². The van der Waals surface area contributed by atoms with Gasteiger partial charge in [-0.3, -0.25) is 9.48 Å². The number of hydrogen-bond donors (Lipinski definition) is 1. The standard InChI is InChI=1S/C14H23N3O2/c1-11-12(9-15-16(11)2)6-7-14(19)17-8-4-3-5-13(17)10-18/h9,13,18H,3-8,10H2,1-2H3. The second-order valence-corrected chi connectivity index (χ2v) is 5.30. The minimum absolute atomic E-state index is 0.0243. The van der Waals surface area contributed by atoms with Gasteiger partial charge >= 0.3 is 0 Å². The highest BCUT2D eigenvalue weighted by Crippen LogP contribution is 2.18. The number of rotatable bonds is 4. The van der Waals surface area contributed by atoms with Gasteiger partial charge < -0.3 is 10.0 Å². The normalized spacial score (nSPS) is 19.7. The summed E-state index contributed by atoms with van der Waals surface area (Å²) in [6.07, 6.45) is 6.15. The van der Waals surface area contributed by atoms with Crippen LogP contribution in [0.25, 0.3) is 0 Å². The maximum atomic E-state index is 12.2. The Bertz CT molecular complexity index is 442. The number of aliphatic hydroxyl groups excluding tert-OH is 1. The summed E-state index contributed by atoms with van der Waals surface area (Å²) in [7, 11) is 1.91. The molecule has 1 unspecified atom stereocenters. The van der Waals surface area contributed by atoms with Gasteiger partial charge in [-0.05, 0) is 38.2 Å². The van der Waals surface area contributed by atoms with E-state index < -0.39 is 0 Å². The summed E-state index contributed by atoms with van der Waals surface area (Å²) in [6, 6.07) is 0.0243. The lowest BCUT2D eigenvalue weighted by atomic mass is 10.0. The molecular formula is C14H23N3O2. The largest absolute Gasteiger partial charge is 0.394 e. The number of hydrogen-bond acceptors (Lipinski definition) is 3. The van der Waals surface area contributed by atoms with E-state index in [2.05, 4.69) is 5.10 Å². The Morgan fingerprint density at radius 2 is 2.32 bits per heavy atom. The third-order valence-electron chi connectivity index (χ3n) is 4.10. The number of aryl methyl sites for hydroxylation is 2. The minimum Gasteiger partial charge on any atom is -0.394 e. The van der Waals surface area contributed by atoms with Crippen molar-refractivity contribution in [1.29, 1.82) is 0 Å². The van der Waals surface area contributed by atoms with Gasteiger partial charge in [0.25, 0.3) is 0 Å². The molecule has 1 amide bonds. The van der Waals surface area contributed by atoms with Crippen molar-refractivity contribution in [3.05, 3.63) is 17.5 Å². The molecule has 5 nitrogen and oxygen atoms in total. The Morgan fingerprint density at radius 1 is 1.53 bits per heavy atom. The molecule has 2 heterocycles. The van der Waals surface area contributed by atoms with Crippen molar-refractivity contribution in [2.75, 3.05) is 13.2 Å². The Hall–Kier alpha value is -1.36. The minimum atomic E-state index is 0.0243. The van der Waals surface area contributed by atoms with Crippen LogP contribution in [-0.2, 0) is 18.3 Å². The van der Waals surface area contributed by atoms with Crippen LogP contribution in [0.1, 0.15) is 36.9 Å². The van der Waals surface area contributed by atoms with Gasteiger partial charge in [-0.25, -0.2) is 0 Å². The van der Waals surface area contributed by atoms with E-state index in [0.29, 0.717) is 6.42 Å². The van der Waals surface area contributed by atoms with Gasteiger partial charge in [0.15, 0.2) is 0 Å². The zero-order chi connectivity index (χ0) is 13.8. The van der Waals surface area contributed by atoms with Crippen LogP contribution in [-0.4, -0.2) is 44.9 Å². The maximum Gasteiger partial charge on any atom is 0.223 e. The number of likely N-dealkylation sites (tertiary alicyclic amines) is 1. The zero-order valence-electron chi connectivity index (χ0n) is 11.8. The van der Waals surface area contributed by atoms with Gasteiger partial charge in [-0.1, -0.05) is 0 Å². The van der Waals surface area contributed by atoms with E-state index in [-0.39, 0.29) is 18.6 Å². The van der Waals surface area contributed by atoms with E-state index in [1.54, 1.807) is 0 Å². The average molecular weight is 265 g/mol. The highest BCUT2D eigenvalue weighted by atomic mass is 16.3. The molecule has 0 saturated carbocycles. The molecular weight excluding hydrogens is 242 g/mol. The van der Waals surface area contributed by atoms with Crippen LogP contribution in [0.3, 0.4) is 0 Å². The molecule has 5 heteroatoms. The summed E-state index contributed by atoms with van der Waals surface area (Å²) in [5, 5.41) is 13.5. The summed E-state index contributed by atoms with van der Waals surface area (Å²) in [4.78, 5) is 14.1. The van der Waals surface area contributed by atoms with E-state index in [4.69, 9.17) is 0 Å². The van der Waals surface area contributed by atoms with Crippen molar-refractivity contribution in [1.82, 2.24) is 14.7 Å². The number of carbonyl (C=O) groups is 1. The van der Waals surface area contributed by atoms with E-state index >= 15 is 0 Å². The maximum absolute atomic E-state index is 12.2. The van der Waals surface area contributed by atoms with Crippen LogP contribution >= 0.6 is 0 Å². The molecule has 2 rings (SSSR count). The second-order valence-electron chi connectivity index (χ2n) is 5.30. The first-order valence-electron chi connectivity index (χ1n) is 7.01. The molecule has 106 valence electrons. The number of aliphatic hydroxyl groups is 1. The van der Waals surface area contributed by atoms with E-state index in [1.165, 1.54) is 0 Å². The van der Waals surface area contributed by atoms with Crippen molar-refractivity contribution in [2.45, 2.75) is 45.1 Å². The Balaban J connectivity index is 1.91. The Morgan fingerprint density at radius 3 is 2.95 bits per heavy atom. The lowest BCUT2D eigenvalue weighted by Gasteiger charge is -2.34. The Labute approximate surface area is 114 Å². The molecule has 0 aliphatic carbocycles. The molecule has 1 fully saturated rings. The number of carbonyl (C=O) groups excluding carboxylic acids is 1. The molecule has 1 saturated heterocycles. The second kappa shape index (κ2) is 6.19. The summed E-state index contributed by atoms with van der Waals surface area (Å²) in [5.41, 5.74) is 2.25. The number of nitrogens with zero attached hydrogens (tertiary/aromatic N) is 3. The molecule has 0 aromatic carbocycles. The fraction of sp³-hybridized carbons (Fsp3) is 0.714. The lowest BCUT2D eigenvalue weighted by molar-refractivity contribution is -0.135. The number of amides is 1. The molecule has 0 spiro atoms. The monoisotopic (exact) mass is 265 g/mol. The van der Waals surface area contributed by atoms with Crippen LogP contribution in [0.15, 0.2) is 6.20 Å². The van der Waals surface area contributed by atoms with Crippen LogP contribution in [0.4, 0.5) is 0 Å². The van der Waals surface area contributed by atoms with Gasteiger partial charge in [0.1, 0.15) is 0 Å². The third-order valence-corrected chi connectivity index (χ3v) is 4.10. The summed E-state index contributed by atoms with van der Waals surface area (Å²) in [6.45, 7) is 2.89. The molecule has 1 aliphatic rings. The smallest absolute Gasteiger partial charge is 0.223 e. The molecule has 1 aromatic heterocycles. The van der Waals surface area contributed by atoms with Gasteiger partial charge in [0, 0.05) is 25.7 Å². The van der Waals surface area contributed by atoms with Crippen molar-refractivity contribution in [3.8, 4) is 0 Å². The van der Waals surface area contributed by atoms with Crippen molar-refractivity contribution < 1.29 is 9.90 Å². The first-order chi connectivity index (χ1) is 9.13. The molecule has 1 N–H and O–H groups in total. The van der Waals surface area contributed by atoms with Gasteiger partial charge in [-0.15, -0.1) is 0 Å². The molecule has 1 atom stereocenters. The molecule has 0 radical (unpaired) electrons. The topological polar surface area (TPSA) is 58.4 Å². The van der Waals surface area contributed by atoms with Crippen LogP contribution in [0, 0.1) is 6.92 Å². The fourth-order valence-electron chi connectivity index (χ4n) is 2.69. The SMILES string of the molecule is Cc1c(CCC(=O)N2CCCCC2CO)cnn1C.